The largest absolute Gasteiger partial charge is 0.388 e. The Morgan fingerprint density at radius 1 is 1.41 bits per heavy atom. The highest BCUT2D eigenvalue weighted by atomic mass is 16.5. The van der Waals surface area contributed by atoms with E-state index in [1.807, 2.05) is 26.4 Å². The third kappa shape index (κ3) is 4.05. The number of piperidine rings is 1. The second-order valence-electron chi connectivity index (χ2n) is 8.91. The van der Waals surface area contributed by atoms with Crippen LogP contribution in [-0.4, -0.2) is 68.9 Å². The molecule has 2 N–H and O–H groups in total. The van der Waals surface area contributed by atoms with Gasteiger partial charge in [-0.1, -0.05) is 0 Å². The molecular weight excluding hydrogens is 344 g/mol. The molecule has 0 radical (unpaired) electrons. The van der Waals surface area contributed by atoms with Crippen LogP contribution in [0.5, 0.6) is 0 Å². The van der Waals surface area contributed by atoms with Gasteiger partial charge in [0.15, 0.2) is 0 Å². The number of hydrogen-bond acceptors (Lipinski definition) is 5. The SMILES string of the molecule is Cn1ccnc1CCN1CCC2(CC1)C[C@](C)(NC(=O)C1CC1)[C@@H](O)CO2. The Bertz CT molecular complexity index is 679. The van der Waals surface area contributed by atoms with Crippen LogP contribution < -0.4 is 5.32 Å². The first-order chi connectivity index (χ1) is 12.9. The molecule has 1 aromatic heterocycles. The van der Waals surface area contributed by atoms with E-state index in [1.165, 1.54) is 0 Å². The number of amides is 1. The van der Waals surface area contributed by atoms with Gasteiger partial charge in [-0.05, 0) is 32.6 Å². The van der Waals surface area contributed by atoms with Gasteiger partial charge in [-0.25, -0.2) is 4.98 Å². The average molecular weight is 377 g/mol. The number of nitrogens with zero attached hydrogens (tertiary/aromatic N) is 3. The number of likely N-dealkylation sites (tertiary alicyclic amines) is 1. The minimum Gasteiger partial charge on any atom is -0.388 e. The summed E-state index contributed by atoms with van der Waals surface area (Å²) in [6.07, 6.45) is 8.65. The Labute approximate surface area is 161 Å². The van der Waals surface area contributed by atoms with Gasteiger partial charge < -0.3 is 24.6 Å². The average Bonchev–Trinajstić information content (AvgIpc) is 3.41. The van der Waals surface area contributed by atoms with E-state index >= 15 is 0 Å². The summed E-state index contributed by atoms with van der Waals surface area (Å²) in [4.78, 5) is 19.2. The van der Waals surface area contributed by atoms with Gasteiger partial charge >= 0.3 is 0 Å². The van der Waals surface area contributed by atoms with Crippen molar-refractivity contribution in [2.75, 3.05) is 26.2 Å². The first kappa shape index (κ1) is 18.9. The molecule has 1 aliphatic carbocycles. The van der Waals surface area contributed by atoms with Gasteiger partial charge in [0.05, 0.1) is 17.7 Å². The van der Waals surface area contributed by atoms with Crippen LogP contribution >= 0.6 is 0 Å². The van der Waals surface area contributed by atoms with E-state index in [0.29, 0.717) is 13.0 Å². The molecule has 7 heteroatoms. The van der Waals surface area contributed by atoms with Crippen LogP contribution in [0.4, 0.5) is 0 Å². The van der Waals surface area contributed by atoms with Crippen molar-refractivity contribution in [2.45, 2.75) is 62.7 Å². The van der Waals surface area contributed by atoms with Crippen LogP contribution in [0, 0.1) is 5.92 Å². The maximum atomic E-state index is 12.3. The van der Waals surface area contributed by atoms with Crippen molar-refractivity contribution in [3.63, 3.8) is 0 Å². The number of carbonyl (C=O) groups is 1. The maximum Gasteiger partial charge on any atom is 0.223 e. The van der Waals surface area contributed by atoms with Crippen molar-refractivity contribution < 1.29 is 14.6 Å². The van der Waals surface area contributed by atoms with Crippen molar-refractivity contribution in [3.05, 3.63) is 18.2 Å². The highest BCUT2D eigenvalue weighted by molar-refractivity contribution is 5.81. The lowest BCUT2D eigenvalue weighted by Gasteiger charge is -2.52. The van der Waals surface area contributed by atoms with Gasteiger partial charge in [0, 0.05) is 57.8 Å². The van der Waals surface area contributed by atoms with Crippen LogP contribution in [0.15, 0.2) is 12.4 Å². The summed E-state index contributed by atoms with van der Waals surface area (Å²) < 4.78 is 8.22. The molecule has 3 fully saturated rings. The standard InChI is InChI=1S/C20H32N4O3/c1-19(22-18(26)15-3-4-15)14-20(27-13-16(19)25)6-10-24(11-7-20)9-5-17-21-8-12-23(17)2/h8,12,15-16,25H,3-7,9-11,13-14H2,1-2H3,(H,22,26)/t16-,19-/m0/s1. The van der Waals surface area contributed by atoms with E-state index in [9.17, 15) is 9.90 Å². The van der Waals surface area contributed by atoms with E-state index in [0.717, 1.165) is 57.6 Å². The number of nitrogens with one attached hydrogen (secondary N) is 1. The molecule has 7 nitrogen and oxygen atoms in total. The highest BCUT2D eigenvalue weighted by Gasteiger charge is 2.50. The fraction of sp³-hybridized carbons (Fsp3) is 0.800. The molecule has 3 aliphatic rings. The van der Waals surface area contributed by atoms with E-state index in [2.05, 4.69) is 19.8 Å². The smallest absolute Gasteiger partial charge is 0.223 e. The third-order valence-corrected chi connectivity index (χ3v) is 6.67. The number of aliphatic hydroxyl groups is 1. The van der Waals surface area contributed by atoms with Gasteiger partial charge in [0.2, 0.25) is 5.91 Å². The summed E-state index contributed by atoms with van der Waals surface area (Å²) in [6.45, 7) is 5.24. The van der Waals surface area contributed by atoms with Crippen LogP contribution in [0.25, 0.3) is 0 Å². The monoisotopic (exact) mass is 376 g/mol. The molecule has 0 unspecified atom stereocenters. The van der Waals surface area contributed by atoms with Crippen LogP contribution in [0.3, 0.4) is 0 Å². The number of aliphatic hydroxyl groups excluding tert-OH is 1. The molecule has 27 heavy (non-hydrogen) atoms. The summed E-state index contributed by atoms with van der Waals surface area (Å²) >= 11 is 0. The van der Waals surface area contributed by atoms with E-state index in [4.69, 9.17) is 4.74 Å². The molecule has 1 aromatic rings. The van der Waals surface area contributed by atoms with Gasteiger partial charge in [-0.2, -0.15) is 0 Å². The molecule has 2 aliphatic heterocycles. The number of ether oxygens (including phenoxy) is 1. The predicted molar refractivity (Wildman–Crippen MR) is 101 cm³/mol. The molecule has 0 bridgehead atoms. The number of aryl methyl sites for hydroxylation is 1. The van der Waals surface area contributed by atoms with Gasteiger partial charge in [-0.15, -0.1) is 0 Å². The Balaban J connectivity index is 1.32. The predicted octanol–water partition coefficient (Wildman–Crippen LogP) is 0.863. The minimum atomic E-state index is -0.646. The lowest BCUT2D eigenvalue weighted by Crippen LogP contribution is -2.65. The minimum absolute atomic E-state index is 0.0982. The summed E-state index contributed by atoms with van der Waals surface area (Å²) in [5.41, 5.74) is -0.822. The Kier molecular flexibility index (Phi) is 5.03. The maximum absolute atomic E-state index is 12.3. The molecule has 1 spiro atoms. The molecule has 1 saturated carbocycles. The Morgan fingerprint density at radius 2 is 2.15 bits per heavy atom. The molecule has 0 aromatic carbocycles. The quantitative estimate of drug-likeness (QED) is 0.797. The molecule has 4 rings (SSSR count). The van der Waals surface area contributed by atoms with Crippen LogP contribution in [-0.2, 0) is 23.0 Å². The fourth-order valence-electron chi connectivity index (χ4n) is 4.54. The first-order valence-electron chi connectivity index (χ1n) is 10.2. The van der Waals surface area contributed by atoms with E-state index in [-0.39, 0.29) is 17.4 Å². The zero-order valence-electron chi connectivity index (χ0n) is 16.5. The fourth-order valence-corrected chi connectivity index (χ4v) is 4.54. The summed E-state index contributed by atoms with van der Waals surface area (Å²) in [6, 6.07) is 0. The number of imidazole rings is 1. The number of rotatable bonds is 5. The Morgan fingerprint density at radius 3 is 2.78 bits per heavy atom. The van der Waals surface area contributed by atoms with E-state index in [1.54, 1.807) is 0 Å². The second kappa shape index (κ2) is 7.18. The zero-order chi connectivity index (χ0) is 19.1. The van der Waals surface area contributed by atoms with Crippen molar-refractivity contribution in [2.24, 2.45) is 13.0 Å². The summed E-state index contributed by atoms with van der Waals surface area (Å²) in [5.74, 6) is 1.37. The summed E-state index contributed by atoms with van der Waals surface area (Å²) in [5, 5.41) is 13.6. The van der Waals surface area contributed by atoms with E-state index < -0.39 is 11.6 Å². The van der Waals surface area contributed by atoms with Crippen molar-refractivity contribution >= 4 is 5.91 Å². The van der Waals surface area contributed by atoms with Gasteiger partial charge in [-0.3, -0.25) is 4.79 Å². The van der Waals surface area contributed by atoms with Crippen LogP contribution in [0.1, 0.15) is 44.9 Å². The molecule has 3 heterocycles. The lowest BCUT2D eigenvalue weighted by molar-refractivity contribution is -0.181. The normalized spacial score (nSPS) is 31.1. The van der Waals surface area contributed by atoms with Gasteiger partial charge in [0.1, 0.15) is 11.9 Å². The molecule has 150 valence electrons. The second-order valence-corrected chi connectivity index (χ2v) is 8.91. The zero-order valence-corrected chi connectivity index (χ0v) is 16.5. The van der Waals surface area contributed by atoms with Crippen molar-refractivity contribution in [1.29, 1.82) is 0 Å². The van der Waals surface area contributed by atoms with Crippen molar-refractivity contribution in [3.8, 4) is 0 Å². The van der Waals surface area contributed by atoms with Crippen LogP contribution in [0.2, 0.25) is 0 Å². The summed E-state index contributed by atoms with van der Waals surface area (Å²) in [7, 11) is 2.03. The molecule has 1 amide bonds. The first-order valence-corrected chi connectivity index (χ1v) is 10.2. The molecular formula is C20H32N4O3. The van der Waals surface area contributed by atoms with Crippen molar-refractivity contribution in [1.82, 2.24) is 19.8 Å². The molecule has 2 saturated heterocycles. The molecule has 2 atom stereocenters. The third-order valence-electron chi connectivity index (χ3n) is 6.67. The number of hydrogen-bond donors (Lipinski definition) is 2. The number of aromatic nitrogens is 2. The highest BCUT2D eigenvalue weighted by Crippen LogP contribution is 2.40. The Hall–Kier alpha value is -1.44. The lowest BCUT2D eigenvalue weighted by atomic mass is 9.74. The number of carbonyl (C=O) groups excluding carboxylic acids is 1. The topological polar surface area (TPSA) is 79.6 Å². The van der Waals surface area contributed by atoms with Gasteiger partial charge in [0.25, 0.3) is 0 Å².